The molecule has 34 heavy (non-hydrogen) atoms. The normalized spacial score (nSPS) is 15.1. The highest BCUT2D eigenvalue weighted by atomic mass is 16.5. The molecule has 8 nitrogen and oxygen atoms in total. The van der Waals surface area contributed by atoms with Crippen LogP contribution in [0.4, 0.5) is 4.79 Å². The molecule has 0 aromatic heterocycles. The molecule has 0 saturated heterocycles. The Morgan fingerprint density at radius 3 is 2.09 bits per heavy atom. The lowest BCUT2D eigenvalue weighted by Gasteiger charge is -2.28. The number of carboxylic acid groups (broad SMARTS) is 1. The van der Waals surface area contributed by atoms with E-state index in [4.69, 9.17) is 9.47 Å². The maximum atomic E-state index is 12.9. The van der Waals surface area contributed by atoms with Crippen molar-refractivity contribution in [2.45, 2.75) is 44.7 Å². The quantitative estimate of drug-likeness (QED) is 0.491. The lowest BCUT2D eigenvalue weighted by Crippen LogP contribution is -2.60. The Bertz CT molecular complexity index is 1010. The number of nitrogens with one attached hydrogen (secondary N) is 2. The Balaban J connectivity index is 1.69. The van der Waals surface area contributed by atoms with Crippen molar-refractivity contribution in [1.82, 2.24) is 10.6 Å². The zero-order chi connectivity index (χ0) is 24.9. The number of carbonyl (C=O) groups is 3. The van der Waals surface area contributed by atoms with Crippen LogP contribution >= 0.6 is 0 Å². The average molecular weight is 469 g/mol. The van der Waals surface area contributed by atoms with E-state index in [-0.39, 0.29) is 25.0 Å². The number of rotatable bonds is 10. The minimum atomic E-state index is -1.62. The van der Waals surface area contributed by atoms with Crippen molar-refractivity contribution < 1.29 is 29.0 Å². The summed E-state index contributed by atoms with van der Waals surface area (Å²) in [6, 6.07) is 15.1. The number of fused-ring (bicyclic) bond motifs is 3. The fraction of sp³-hybridized carbons (Fsp3) is 0.423. The third-order valence-electron chi connectivity index (χ3n) is 5.96. The van der Waals surface area contributed by atoms with Crippen molar-refractivity contribution >= 4 is 18.0 Å². The van der Waals surface area contributed by atoms with Crippen LogP contribution in [0.15, 0.2) is 48.5 Å². The Morgan fingerprint density at radius 1 is 1.03 bits per heavy atom. The number of carboxylic acids is 1. The fourth-order valence-electron chi connectivity index (χ4n) is 4.28. The van der Waals surface area contributed by atoms with E-state index < -0.39 is 29.6 Å². The summed E-state index contributed by atoms with van der Waals surface area (Å²) in [4.78, 5) is 37.2. The first kappa shape index (κ1) is 25.2. The van der Waals surface area contributed by atoms with Gasteiger partial charge in [-0.05, 0) is 41.5 Å². The number of aliphatic carboxylic acids is 1. The molecule has 1 aliphatic rings. The number of carbonyl (C=O) groups excluding carboxylic acids is 2. The number of methoxy groups -OCH3 is 1. The summed E-state index contributed by atoms with van der Waals surface area (Å²) >= 11 is 0. The molecule has 0 bridgehead atoms. The molecule has 8 heteroatoms. The van der Waals surface area contributed by atoms with E-state index in [1.54, 1.807) is 0 Å². The second-order valence-electron chi connectivity index (χ2n) is 9.21. The van der Waals surface area contributed by atoms with Crippen LogP contribution in [0.1, 0.15) is 44.2 Å². The van der Waals surface area contributed by atoms with Gasteiger partial charge in [0.05, 0.1) is 6.61 Å². The zero-order valence-corrected chi connectivity index (χ0v) is 20.0. The number of benzene rings is 2. The Hall–Kier alpha value is -3.39. The smallest absolute Gasteiger partial charge is 0.407 e. The molecule has 0 radical (unpaired) electrons. The Labute approximate surface area is 199 Å². The van der Waals surface area contributed by atoms with Gasteiger partial charge in [-0.2, -0.15) is 0 Å². The fourth-order valence-corrected chi connectivity index (χ4v) is 4.28. The molecule has 0 heterocycles. The van der Waals surface area contributed by atoms with E-state index in [9.17, 15) is 19.5 Å². The maximum absolute atomic E-state index is 12.9. The molecule has 1 unspecified atom stereocenters. The van der Waals surface area contributed by atoms with Crippen molar-refractivity contribution in [2.24, 2.45) is 5.92 Å². The largest absolute Gasteiger partial charge is 0.479 e. The second-order valence-corrected chi connectivity index (χ2v) is 9.21. The number of ether oxygens (including phenoxy) is 2. The van der Waals surface area contributed by atoms with Crippen molar-refractivity contribution in [2.75, 3.05) is 20.3 Å². The highest BCUT2D eigenvalue weighted by molar-refractivity contribution is 5.91. The molecular formula is C26H32N2O6. The van der Waals surface area contributed by atoms with E-state index >= 15 is 0 Å². The van der Waals surface area contributed by atoms with Gasteiger partial charge < -0.3 is 25.2 Å². The van der Waals surface area contributed by atoms with E-state index in [1.165, 1.54) is 14.0 Å². The van der Waals surface area contributed by atoms with Gasteiger partial charge in [-0.3, -0.25) is 4.79 Å². The average Bonchev–Trinajstić information content (AvgIpc) is 3.10. The van der Waals surface area contributed by atoms with Crippen LogP contribution in [-0.2, 0) is 19.1 Å². The lowest BCUT2D eigenvalue weighted by atomic mass is 9.98. The molecule has 3 rings (SSSR count). The summed E-state index contributed by atoms with van der Waals surface area (Å²) in [5, 5.41) is 14.6. The first-order valence-electron chi connectivity index (χ1n) is 11.3. The van der Waals surface area contributed by atoms with Gasteiger partial charge in [0.15, 0.2) is 5.54 Å². The monoisotopic (exact) mass is 468 g/mol. The van der Waals surface area contributed by atoms with Crippen LogP contribution in [-0.4, -0.2) is 55.0 Å². The second kappa shape index (κ2) is 10.7. The lowest BCUT2D eigenvalue weighted by molar-refractivity contribution is -0.149. The van der Waals surface area contributed by atoms with Crippen LogP contribution in [0.5, 0.6) is 0 Å². The zero-order valence-electron chi connectivity index (χ0n) is 20.0. The van der Waals surface area contributed by atoms with Crippen LogP contribution in [0.3, 0.4) is 0 Å². The molecule has 0 spiro atoms. The van der Waals surface area contributed by atoms with Gasteiger partial charge in [-0.25, -0.2) is 9.59 Å². The molecule has 0 aliphatic heterocycles. The van der Waals surface area contributed by atoms with Crippen LogP contribution < -0.4 is 10.6 Å². The predicted molar refractivity (Wildman–Crippen MR) is 128 cm³/mol. The topological polar surface area (TPSA) is 114 Å². The van der Waals surface area contributed by atoms with Gasteiger partial charge in [-0.15, -0.1) is 0 Å². The van der Waals surface area contributed by atoms with Gasteiger partial charge in [-0.1, -0.05) is 62.4 Å². The van der Waals surface area contributed by atoms with Crippen LogP contribution in [0.25, 0.3) is 11.1 Å². The van der Waals surface area contributed by atoms with Crippen molar-refractivity contribution in [3.05, 3.63) is 59.7 Å². The van der Waals surface area contributed by atoms with Crippen molar-refractivity contribution in [1.29, 1.82) is 0 Å². The molecule has 2 aromatic carbocycles. The molecule has 2 amide bonds. The summed E-state index contributed by atoms with van der Waals surface area (Å²) in [7, 11) is 1.36. The molecule has 0 fully saturated rings. The van der Waals surface area contributed by atoms with E-state index in [0.29, 0.717) is 6.42 Å². The molecule has 182 valence electrons. The van der Waals surface area contributed by atoms with Gasteiger partial charge in [0.2, 0.25) is 5.91 Å². The van der Waals surface area contributed by atoms with Crippen molar-refractivity contribution in [3.8, 4) is 11.1 Å². The molecule has 2 atom stereocenters. The molecule has 3 N–H and O–H groups in total. The molecule has 1 aliphatic carbocycles. The van der Waals surface area contributed by atoms with Gasteiger partial charge in [0, 0.05) is 13.0 Å². The first-order chi connectivity index (χ1) is 16.2. The van der Waals surface area contributed by atoms with E-state index in [2.05, 4.69) is 22.8 Å². The number of amides is 2. The Kier molecular flexibility index (Phi) is 7.94. The molecule has 2 aromatic rings. The number of hydrogen-bond acceptors (Lipinski definition) is 5. The maximum Gasteiger partial charge on any atom is 0.407 e. The predicted octanol–water partition coefficient (Wildman–Crippen LogP) is 3.55. The number of alkyl carbamates (subject to hydrolysis) is 1. The van der Waals surface area contributed by atoms with Crippen LogP contribution in [0.2, 0.25) is 0 Å². The molecule has 0 saturated carbocycles. The van der Waals surface area contributed by atoms with Gasteiger partial charge in [0.25, 0.3) is 0 Å². The third-order valence-corrected chi connectivity index (χ3v) is 5.96. The SMILES string of the molecule is COCC(C)(NC(=O)[C@H](CC(C)C)NC(=O)OCC1c2ccccc2-c2ccccc21)C(=O)O. The third kappa shape index (κ3) is 5.56. The Morgan fingerprint density at radius 2 is 1.59 bits per heavy atom. The minimum Gasteiger partial charge on any atom is -0.479 e. The van der Waals surface area contributed by atoms with Crippen molar-refractivity contribution in [3.63, 3.8) is 0 Å². The van der Waals surface area contributed by atoms with E-state index in [1.807, 2.05) is 50.2 Å². The highest BCUT2D eigenvalue weighted by Crippen LogP contribution is 2.44. The standard InChI is InChI=1S/C26H32N2O6/c1-16(2)13-22(23(29)28-26(3,15-33-4)24(30)31)27-25(32)34-14-21-19-11-7-5-9-17(19)18-10-6-8-12-20(18)21/h5-12,16,21-22H,13-15H2,1-4H3,(H,27,32)(H,28,29)(H,30,31)/t22-,26?/m0/s1. The summed E-state index contributed by atoms with van der Waals surface area (Å²) in [5.41, 5.74) is 2.80. The van der Waals surface area contributed by atoms with Gasteiger partial charge in [0.1, 0.15) is 12.6 Å². The van der Waals surface area contributed by atoms with E-state index in [0.717, 1.165) is 22.3 Å². The summed E-state index contributed by atoms with van der Waals surface area (Å²) in [6.07, 6.45) is -0.412. The summed E-state index contributed by atoms with van der Waals surface area (Å²) in [5.74, 6) is -1.87. The minimum absolute atomic E-state index is 0.0724. The highest BCUT2D eigenvalue weighted by Gasteiger charge is 2.37. The number of hydrogen-bond donors (Lipinski definition) is 3. The van der Waals surface area contributed by atoms with Crippen LogP contribution in [0, 0.1) is 5.92 Å². The van der Waals surface area contributed by atoms with Gasteiger partial charge >= 0.3 is 12.1 Å². The molecular weight excluding hydrogens is 436 g/mol. The first-order valence-corrected chi connectivity index (χ1v) is 11.3. The summed E-state index contributed by atoms with van der Waals surface area (Å²) in [6.45, 7) is 5.08. The summed E-state index contributed by atoms with van der Waals surface area (Å²) < 4.78 is 10.5.